The van der Waals surface area contributed by atoms with Crippen molar-refractivity contribution >= 4 is 5.97 Å². The molecule has 0 aromatic carbocycles. The Bertz CT molecular complexity index is 356. The van der Waals surface area contributed by atoms with E-state index < -0.39 is 5.97 Å². The van der Waals surface area contributed by atoms with Crippen molar-refractivity contribution in [2.45, 2.75) is 27.3 Å². The summed E-state index contributed by atoms with van der Waals surface area (Å²) >= 11 is 0. The van der Waals surface area contributed by atoms with Gasteiger partial charge in [0.2, 0.25) is 0 Å². The summed E-state index contributed by atoms with van der Waals surface area (Å²) in [5.41, 5.74) is 0.867. The van der Waals surface area contributed by atoms with E-state index in [4.69, 9.17) is 5.11 Å². The van der Waals surface area contributed by atoms with E-state index in [1.54, 1.807) is 17.8 Å². The first-order chi connectivity index (χ1) is 7.58. The molecular weight excluding hydrogens is 206 g/mol. The maximum atomic E-state index is 10.8. The third-order valence-corrected chi connectivity index (χ3v) is 2.72. The monoisotopic (exact) mass is 225 g/mol. The van der Waals surface area contributed by atoms with E-state index in [2.05, 4.69) is 23.8 Å². The quantitative estimate of drug-likeness (QED) is 0.791. The first-order valence-electron chi connectivity index (χ1n) is 5.58. The van der Waals surface area contributed by atoms with Crippen LogP contribution >= 0.6 is 0 Å². The van der Waals surface area contributed by atoms with E-state index in [1.165, 1.54) is 0 Å². The fraction of sp³-hybridized carbons (Fsp3) is 0.636. The van der Waals surface area contributed by atoms with Crippen molar-refractivity contribution in [2.24, 2.45) is 0 Å². The summed E-state index contributed by atoms with van der Waals surface area (Å²) < 4.78 is 1.71. The van der Waals surface area contributed by atoms with Crippen LogP contribution in [-0.2, 0) is 6.54 Å². The largest absolute Gasteiger partial charge is 0.478 e. The molecule has 0 atom stereocenters. The number of rotatable bonds is 6. The second kappa shape index (κ2) is 5.65. The summed E-state index contributed by atoms with van der Waals surface area (Å²) in [7, 11) is 0. The van der Waals surface area contributed by atoms with Gasteiger partial charge in [-0.05, 0) is 20.0 Å². The number of aryl methyl sites for hydroxylation is 1. The molecule has 0 spiro atoms. The van der Waals surface area contributed by atoms with E-state index in [0.717, 1.165) is 26.2 Å². The topological polar surface area (TPSA) is 58.4 Å². The number of carboxylic acids is 1. The zero-order valence-electron chi connectivity index (χ0n) is 10.1. The number of nitrogens with zero attached hydrogens (tertiary/aromatic N) is 3. The molecule has 1 rings (SSSR count). The second-order valence-electron chi connectivity index (χ2n) is 3.72. The zero-order valence-corrected chi connectivity index (χ0v) is 10.1. The Morgan fingerprint density at radius 3 is 2.56 bits per heavy atom. The first-order valence-corrected chi connectivity index (χ1v) is 5.58. The first kappa shape index (κ1) is 12.7. The highest BCUT2D eigenvalue weighted by atomic mass is 16.4. The second-order valence-corrected chi connectivity index (χ2v) is 3.72. The van der Waals surface area contributed by atoms with E-state index in [0.29, 0.717) is 11.3 Å². The Hall–Kier alpha value is -1.36. The molecule has 0 saturated heterocycles. The minimum atomic E-state index is -0.911. The van der Waals surface area contributed by atoms with Crippen molar-refractivity contribution in [3.63, 3.8) is 0 Å². The molecule has 0 amide bonds. The van der Waals surface area contributed by atoms with Crippen LogP contribution in [-0.4, -0.2) is 45.4 Å². The van der Waals surface area contributed by atoms with Gasteiger partial charge in [0.1, 0.15) is 5.56 Å². The molecule has 0 unspecified atom stereocenters. The van der Waals surface area contributed by atoms with Crippen LogP contribution in [0.3, 0.4) is 0 Å². The fourth-order valence-corrected chi connectivity index (χ4v) is 1.63. The van der Waals surface area contributed by atoms with Crippen LogP contribution in [0.1, 0.15) is 29.9 Å². The van der Waals surface area contributed by atoms with Crippen molar-refractivity contribution < 1.29 is 9.90 Å². The predicted molar refractivity (Wildman–Crippen MR) is 61.7 cm³/mol. The molecule has 90 valence electrons. The van der Waals surface area contributed by atoms with E-state index in [-0.39, 0.29) is 0 Å². The molecular formula is C11H19N3O2. The van der Waals surface area contributed by atoms with Gasteiger partial charge in [-0.1, -0.05) is 13.8 Å². The molecule has 0 aliphatic heterocycles. The lowest BCUT2D eigenvalue weighted by Gasteiger charge is -2.17. The Morgan fingerprint density at radius 1 is 1.50 bits per heavy atom. The van der Waals surface area contributed by atoms with Crippen LogP contribution in [0.15, 0.2) is 6.20 Å². The summed E-state index contributed by atoms with van der Waals surface area (Å²) in [5, 5.41) is 13.1. The van der Waals surface area contributed by atoms with E-state index in [1.807, 2.05) is 0 Å². The summed E-state index contributed by atoms with van der Waals surface area (Å²) in [5.74, 6) is -0.911. The molecule has 1 aromatic rings. The number of aromatic carboxylic acids is 1. The van der Waals surface area contributed by atoms with Crippen LogP contribution in [0, 0.1) is 6.92 Å². The van der Waals surface area contributed by atoms with Crippen LogP contribution in [0.5, 0.6) is 0 Å². The third kappa shape index (κ3) is 3.06. The number of carbonyl (C=O) groups is 1. The molecule has 0 saturated carbocycles. The minimum absolute atomic E-state index is 0.291. The fourth-order valence-electron chi connectivity index (χ4n) is 1.63. The SMILES string of the molecule is CCN(CC)CCn1cc(C(=O)O)c(C)n1. The molecule has 0 bridgehead atoms. The average Bonchev–Trinajstić information content (AvgIpc) is 2.61. The minimum Gasteiger partial charge on any atom is -0.478 e. The Labute approximate surface area is 95.7 Å². The maximum absolute atomic E-state index is 10.8. The van der Waals surface area contributed by atoms with Gasteiger partial charge in [-0.15, -0.1) is 0 Å². The summed E-state index contributed by atoms with van der Waals surface area (Å²) in [6.45, 7) is 9.58. The van der Waals surface area contributed by atoms with Crippen molar-refractivity contribution in [1.82, 2.24) is 14.7 Å². The third-order valence-electron chi connectivity index (χ3n) is 2.72. The van der Waals surface area contributed by atoms with E-state index in [9.17, 15) is 4.79 Å². The van der Waals surface area contributed by atoms with Crippen LogP contribution in [0.25, 0.3) is 0 Å². The van der Waals surface area contributed by atoms with Gasteiger partial charge < -0.3 is 10.0 Å². The molecule has 0 fully saturated rings. The van der Waals surface area contributed by atoms with Gasteiger partial charge in [-0.3, -0.25) is 4.68 Å². The zero-order chi connectivity index (χ0) is 12.1. The molecule has 0 radical (unpaired) electrons. The summed E-state index contributed by atoms with van der Waals surface area (Å²) in [4.78, 5) is 13.1. The van der Waals surface area contributed by atoms with Crippen LogP contribution < -0.4 is 0 Å². The highest BCUT2D eigenvalue weighted by Gasteiger charge is 2.11. The summed E-state index contributed by atoms with van der Waals surface area (Å²) in [6.07, 6.45) is 1.60. The number of hydrogen-bond donors (Lipinski definition) is 1. The van der Waals surface area contributed by atoms with Crippen molar-refractivity contribution in [3.8, 4) is 0 Å². The standard InChI is InChI=1S/C11H19N3O2/c1-4-13(5-2)6-7-14-8-10(11(15)16)9(3)12-14/h8H,4-7H2,1-3H3,(H,15,16). The maximum Gasteiger partial charge on any atom is 0.339 e. The molecule has 1 heterocycles. The molecule has 5 nitrogen and oxygen atoms in total. The molecule has 1 N–H and O–H groups in total. The van der Waals surface area contributed by atoms with E-state index >= 15 is 0 Å². The highest BCUT2D eigenvalue weighted by Crippen LogP contribution is 2.05. The smallest absolute Gasteiger partial charge is 0.339 e. The average molecular weight is 225 g/mol. The highest BCUT2D eigenvalue weighted by molar-refractivity contribution is 5.88. The Kier molecular flexibility index (Phi) is 4.49. The van der Waals surface area contributed by atoms with Crippen LogP contribution in [0.2, 0.25) is 0 Å². The van der Waals surface area contributed by atoms with Crippen LogP contribution in [0.4, 0.5) is 0 Å². The Morgan fingerprint density at radius 2 is 2.12 bits per heavy atom. The lowest BCUT2D eigenvalue weighted by Crippen LogP contribution is -2.27. The van der Waals surface area contributed by atoms with Gasteiger partial charge in [0.15, 0.2) is 0 Å². The van der Waals surface area contributed by atoms with Gasteiger partial charge in [-0.25, -0.2) is 4.79 Å². The Balaban J connectivity index is 2.61. The van der Waals surface area contributed by atoms with Gasteiger partial charge in [-0.2, -0.15) is 5.10 Å². The lowest BCUT2D eigenvalue weighted by atomic mass is 10.3. The van der Waals surface area contributed by atoms with Gasteiger partial charge in [0.05, 0.1) is 12.2 Å². The number of carboxylic acid groups (broad SMARTS) is 1. The summed E-state index contributed by atoms with van der Waals surface area (Å²) in [6, 6.07) is 0. The number of likely N-dealkylation sites (N-methyl/N-ethyl adjacent to an activating group) is 1. The van der Waals surface area contributed by atoms with Crippen molar-refractivity contribution in [1.29, 1.82) is 0 Å². The molecule has 5 heteroatoms. The molecule has 1 aromatic heterocycles. The van der Waals surface area contributed by atoms with Gasteiger partial charge in [0.25, 0.3) is 0 Å². The van der Waals surface area contributed by atoms with Gasteiger partial charge in [0, 0.05) is 12.7 Å². The molecule has 16 heavy (non-hydrogen) atoms. The normalized spacial score (nSPS) is 11.0. The predicted octanol–water partition coefficient (Wildman–Crippen LogP) is 1.23. The lowest BCUT2D eigenvalue weighted by molar-refractivity contribution is 0.0696. The molecule has 0 aliphatic rings. The number of hydrogen-bond acceptors (Lipinski definition) is 3. The number of aromatic nitrogens is 2. The van der Waals surface area contributed by atoms with Crippen molar-refractivity contribution in [3.05, 3.63) is 17.5 Å². The van der Waals surface area contributed by atoms with Crippen molar-refractivity contribution in [2.75, 3.05) is 19.6 Å². The van der Waals surface area contributed by atoms with Gasteiger partial charge >= 0.3 is 5.97 Å². The molecule has 0 aliphatic carbocycles.